The van der Waals surface area contributed by atoms with Crippen LogP contribution in [0.3, 0.4) is 0 Å². The molecule has 1 aliphatic heterocycles. The molecular weight excluding hydrogens is 226 g/mol. The van der Waals surface area contributed by atoms with Crippen LogP contribution in [0, 0.1) is 0 Å². The molecule has 1 saturated heterocycles. The monoisotopic (exact) mass is 245 g/mol. The van der Waals surface area contributed by atoms with Crippen molar-refractivity contribution in [1.29, 1.82) is 0 Å². The quantitative estimate of drug-likeness (QED) is 0.744. The molecule has 0 aromatic heterocycles. The van der Waals surface area contributed by atoms with Crippen LogP contribution in [0.5, 0.6) is 0 Å². The zero-order valence-electron chi connectivity index (χ0n) is 10.8. The van der Waals surface area contributed by atoms with Crippen LogP contribution in [0.2, 0.25) is 0 Å². The third-order valence-electron chi connectivity index (χ3n) is 4.32. The first-order chi connectivity index (χ1) is 8.79. The largest absolute Gasteiger partial charge is 0.468 e. The van der Waals surface area contributed by atoms with Crippen LogP contribution < -0.4 is 0 Å². The second kappa shape index (κ2) is 4.73. The fraction of sp³-hybridized carbons (Fsp3) is 0.533. The normalized spacial score (nSPS) is 27.2. The lowest BCUT2D eigenvalue weighted by molar-refractivity contribution is -0.154. The highest BCUT2D eigenvalue weighted by Crippen LogP contribution is 2.30. The Morgan fingerprint density at radius 3 is 2.72 bits per heavy atom. The van der Waals surface area contributed by atoms with Crippen LogP contribution in [0.25, 0.3) is 0 Å². The minimum absolute atomic E-state index is 0.00487. The van der Waals surface area contributed by atoms with Gasteiger partial charge in [0.25, 0.3) is 0 Å². The van der Waals surface area contributed by atoms with Crippen molar-refractivity contribution in [3.8, 4) is 0 Å². The van der Waals surface area contributed by atoms with E-state index in [2.05, 4.69) is 29.2 Å². The number of fused-ring (bicyclic) bond motifs is 1. The molecule has 2 aliphatic rings. The average molecular weight is 245 g/mol. The summed E-state index contributed by atoms with van der Waals surface area (Å²) in [4.78, 5) is 14.0. The van der Waals surface area contributed by atoms with Gasteiger partial charge in [-0.3, -0.25) is 9.69 Å². The van der Waals surface area contributed by atoms with Crippen LogP contribution in [0.1, 0.15) is 24.0 Å². The van der Waals surface area contributed by atoms with E-state index in [0.29, 0.717) is 6.04 Å². The molecule has 2 atom stereocenters. The molecule has 0 saturated carbocycles. The molecular formula is C15H19NO2. The second-order valence-corrected chi connectivity index (χ2v) is 5.23. The number of nitrogens with zero attached hydrogens (tertiary/aromatic N) is 1. The number of methoxy groups -OCH3 is 1. The number of carbonyl (C=O) groups excluding carboxylic acids is 1. The first-order valence-electron chi connectivity index (χ1n) is 6.70. The van der Waals surface area contributed by atoms with E-state index in [1.807, 2.05) is 0 Å². The summed E-state index contributed by atoms with van der Waals surface area (Å²) in [7, 11) is 1.48. The zero-order valence-corrected chi connectivity index (χ0v) is 10.8. The molecule has 0 spiro atoms. The topological polar surface area (TPSA) is 29.5 Å². The van der Waals surface area contributed by atoms with Gasteiger partial charge >= 0.3 is 5.97 Å². The molecule has 1 aliphatic carbocycles. The van der Waals surface area contributed by atoms with E-state index in [-0.39, 0.29) is 12.0 Å². The van der Waals surface area contributed by atoms with Crippen molar-refractivity contribution in [1.82, 2.24) is 4.90 Å². The molecule has 3 nitrogen and oxygen atoms in total. The van der Waals surface area contributed by atoms with Gasteiger partial charge in [0.2, 0.25) is 0 Å². The third kappa shape index (κ3) is 1.93. The van der Waals surface area contributed by atoms with E-state index >= 15 is 0 Å². The minimum Gasteiger partial charge on any atom is -0.468 e. The van der Waals surface area contributed by atoms with Crippen LogP contribution >= 0.6 is 0 Å². The maximum atomic E-state index is 11.6. The summed E-state index contributed by atoms with van der Waals surface area (Å²) in [5.74, 6) is -0.0693. The predicted molar refractivity (Wildman–Crippen MR) is 69.4 cm³/mol. The average Bonchev–Trinajstić information content (AvgIpc) is 2.37. The molecule has 1 fully saturated rings. The highest BCUT2D eigenvalue weighted by molar-refractivity contribution is 5.76. The smallest absolute Gasteiger partial charge is 0.323 e. The van der Waals surface area contributed by atoms with Crippen molar-refractivity contribution < 1.29 is 9.53 Å². The lowest BCUT2D eigenvalue weighted by atomic mass is 9.85. The maximum Gasteiger partial charge on any atom is 0.323 e. The Kier molecular flexibility index (Phi) is 3.08. The number of benzene rings is 1. The fourth-order valence-corrected chi connectivity index (χ4v) is 3.20. The molecule has 2 unspecified atom stereocenters. The van der Waals surface area contributed by atoms with Crippen molar-refractivity contribution in [3.63, 3.8) is 0 Å². The van der Waals surface area contributed by atoms with Gasteiger partial charge in [-0.25, -0.2) is 0 Å². The Morgan fingerprint density at radius 1 is 1.28 bits per heavy atom. The van der Waals surface area contributed by atoms with Gasteiger partial charge in [-0.15, -0.1) is 0 Å². The van der Waals surface area contributed by atoms with Gasteiger partial charge in [0, 0.05) is 12.6 Å². The van der Waals surface area contributed by atoms with Crippen molar-refractivity contribution in [3.05, 3.63) is 35.4 Å². The molecule has 96 valence electrons. The van der Waals surface area contributed by atoms with Crippen LogP contribution in [0.15, 0.2) is 24.3 Å². The van der Waals surface area contributed by atoms with Gasteiger partial charge in [0.15, 0.2) is 0 Å². The molecule has 1 heterocycles. The lowest BCUT2D eigenvalue weighted by Gasteiger charge is -2.45. The Labute approximate surface area is 108 Å². The standard InChI is InChI=1S/C15H19NO2/c1-18-15(17)14-8-9-16(14)13-7-6-11-4-2-3-5-12(11)10-13/h2-5,13-14H,6-10H2,1H3. The number of hydrogen-bond donors (Lipinski definition) is 0. The van der Waals surface area contributed by atoms with Gasteiger partial charge < -0.3 is 4.74 Å². The van der Waals surface area contributed by atoms with E-state index < -0.39 is 0 Å². The maximum absolute atomic E-state index is 11.6. The second-order valence-electron chi connectivity index (χ2n) is 5.23. The number of carbonyl (C=O) groups is 1. The Morgan fingerprint density at radius 2 is 2.06 bits per heavy atom. The molecule has 0 radical (unpaired) electrons. The first kappa shape index (κ1) is 11.7. The van der Waals surface area contributed by atoms with Crippen molar-refractivity contribution in [2.75, 3.05) is 13.7 Å². The van der Waals surface area contributed by atoms with Gasteiger partial charge in [-0.05, 0) is 36.8 Å². The molecule has 3 heteroatoms. The van der Waals surface area contributed by atoms with E-state index in [0.717, 1.165) is 32.2 Å². The number of hydrogen-bond acceptors (Lipinski definition) is 3. The highest BCUT2D eigenvalue weighted by Gasteiger charge is 2.40. The van der Waals surface area contributed by atoms with Crippen LogP contribution in [-0.4, -0.2) is 36.6 Å². The molecule has 1 aromatic rings. The zero-order chi connectivity index (χ0) is 12.5. The molecule has 0 amide bonds. The number of ether oxygens (including phenoxy) is 1. The molecule has 1 aromatic carbocycles. The number of esters is 1. The van der Waals surface area contributed by atoms with E-state index in [1.165, 1.54) is 18.2 Å². The van der Waals surface area contributed by atoms with Crippen molar-refractivity contribution in [2.45, 2.75) is 37.8 Å². The Bertz CT molecular complexity index is 458. The predicted octanol–water partition coefficient (Wildman–Crippen LogP) is 1.79. The van der Waals surface area contributed by atoms with Gasteiger partial charge in [0.05, 0.1) is 7.11 Å². The van der Waals surface area contributed by atoms with Crippen LogP contribution in [0.4, 0.5) is 0 Å². The highest BCUT2D eigenvalue weighted by atomic mass is 16.5. The van der Waals surface area contributed by atoms with E-state index in [9.17, 15) is 4.79 Å². The van der Waals surface area contributed by atoms with Crippen molar-refractivity contribution >= 4 is 5.97 Å². The van der Waals surface area contributed by atoms with E-state index in [1.54, 1.807) is 0 Å². The Hall–Kier alpha value is -1.35. The summed E-state index contributed by atoms with van der Waals surface area (Å²) < 4.78 is 4.86. The molecule has 3 rings (SSSR count). The minimum atomic E-state index is -0.0693. The summed E-state index contributed by atoms with van der Waals surface area (Å²) in [6, 6.07) is 9.17. The third-order valence-corrected chi connectivity index (χ3v) is 4.32. The fourth-order valence-electron chi connectivity index (χ4n) is 3.20. The summed E-state index contributed by atoms with van der Waals surface area (Å²) in [6.07, 6.45) is 4.31. The Balaban J connectivity index is 1.71. The number of rotatable bonds is 2. The summed E-state index contributed by atoms with van der Waals surface area (Å²) >= 11 is 0. The summed E-state index contributed by atoms with van der Waals surface area (Å²) in [6.45, 7) is 1.03. The first-order valence-corrected chi connectivity index (χ1v) is 6.70. The summed E-state index contributed by atoms with van der Waals surface area (Å²) in [5, 5.41) is 0. The molecule has 0 bridgehead atoms. The number of aryl methyl sites for hydroxylation is 1. The molecule has 18 heavy (non-hydrogen) atoms. The van der Waals surface area contributed by atoms with E-state index in [4.69, 9.17) is 4.74 Å². The molecule has 0 N–H and O–H groups in total. The number of likely N-dealkylation sites (tertiary alicyclic amines) is 1. The van der Waals surface area contributed by atoms with Gasteiger partial charge in [-0.1, -0.05) is 24.3 Å². The summed E-state index contributed by atoms with van der Waals surface area (Å²) in [5.41, 5.74) is 2.92. The van der Waals surface area contributed by atoms with Crippen molar-refractivity contribution in [2.24, 2.45) is 0 Å². The van der Waals surface area contributed by atoms with Crippen LogP contribution in [-0.2, 0) is 22.4 Å². The lowest BCUT2D eigenvalue weighted by Crippen LogP contribution is -2.58. The SMILES string of the molecule is COC(=O)C1CCN1C1CCc2ccccc2C1. The van der Waals surface area contributed by atoms with Gasteiger partial charge in [0.1, 0.15) is 6.04 Å². The van der Waals surface area contributed by atoms with Gasteiger partial charge in [-0.2, -0.15) is 0 Å².